The summed E-state index contributed by atoms with van der Waals surface area (Å²) in [7, 11) is 0. The second kappa shape index (κ2) is 12.3. The molecule has 0 amide bonds. The molecule has 0 N–H and O–H groups in total. The third-order valence-electron chi connectivity index (χ3n) is 0.501. The molecule has 0 aromatic heterocycles. The van der Waals surface area contributed by atoms with Crippen molar-refractivity contribution in [3.8, 4) is 0 Å². The average molecular weight is 441 g/mol. The zero-order chi connectivity index (χ0) is 5.70. The molecule has 9 heavy (non-hydrogen) atoms. The van der Waals surface area contributed by atoms with E-state index in [0.717, 1.165) is 0 Å². The van der Waals surface area contributed by atoms with E-state index in [-0.39, 0.29) is 48.0 Å². The Morgan fingerprint density at radius 3 is 2.00 bits per heavy atom. The summed E-state index contributed by atoms with van der Waals surface area (Å²) >= 11 is 3.10. The first-order valence-corrected chi connectivity index (χ1v) is 3.07. The molecule has 0 nitrogen and oxygen atoms in total. The molecule has 0 saturated carbocycles. The molecular formula is C6H9I2Pd. The fourth-order valence-electron chi connectivity index (χ4n) is 0.225. The van der Waals surface area contributed by atoms with Gasteiger partial charge in [-0.2, -0.15) is 0 Å². The van der Waals surface area contributed by atoms with Gasteiger partial charge >= 0.3 is 55.3 Å². The SMILES string of the molecule is C=CC=C[CH](C)[Pd+2].[I-].[I-]. The Labute approximate surface area is 102 Å². The van der Waals surface area contributed by atoms with Crippen LogP contribution in [0.15, 0.2) is 24.8 Å². The molecule has 0 rings (SSSR count). The largest absolute Gasteiger partial charge is 1.00 e. The van der Waals surface area contributed by atoms with Gasteiger partial charge in [-0.25, -0.2) is 0 Å². The normalized spacial score (nSPS) is 11.3. The van der Waals surface area contributed by atoms with Crippen LogP contribution >= 0.6 is 0 Å². The van der Waals surface area contributed by atoms with E-state index in [2.05, 4.69) is 32.7 Å². The molecule has 0 heterocycles. The zero-order valence-electron chi connectivity index (χ0n) is 5.09. The van der Waals surface area contributed by atoms with Crippen molar-refractivity contribution >= 4 is 0 Å². The van der Waals surface area contributed by atoms with Gasteiger partial charge < -0.3 is 48.0 Å². The van der Waals surface area contributed by atoms with Gasteiger partial charge in [0.25, 0.3) is 0 Å². The summed E-state index contributed by atoms with van der Waals surface area (Å²) in [6, 6.07) is 0. The molecule has 0 aromatic rings. The molecule has 0 radical (unpaired) electrons. The molecular weight excluding hydrogens is 432 g/mol. The van der Waals surface area contributed by atoms with E-state index < -0.39 is 0 Å². The zero-order valence-corrected chi connectivity index (χ0v) is 11.0. The molecule has 3 heteroatoms. The molecule has 1 unspecified atom stereocenters. The summed E-state index contributed by atoms with van der Waals surface area (Å²) in [4.78, 5) is 0. The molecule has 0 saturated heterocycles. The third kappa shape index (κ3) is 17.7. The summed E-state index contributed by atoms with van der Waals surface area (Å²) < 4.78 is 0.501. The van der Waals surface area contributed by atoms with Crippen molar-refractivity contribution in [2.45, 2.75) is 11.3 Å². The standard InChI is InChI=1S/C6H9.2HI.Pd/c1-3-5-6-4-2;;;/h3-6H,1H2,2H3;2*1H;/q;;;+2/p-2. The Hall–Kier alpha value is 1.60. The van der Waals surface area contributed by atoms with E-state index in [9.17, 15) is 0 Å². The summed E-state index contributed by atoms with van der Waals surface area (Å²) in [6.45, 7) is 5.60. The molecule has 0 fully saturated rings. The van der Waals surface area contributed by atoms with Gasteiger partial charge in [0.15, 0.2) is 0 Å². The minimum absolute atomic E-state index is 0. The Kier molecular flexibility index (Phi) is 23.1. The van der Waals surface area contributed by atoms with E-state index in [1.807, 2.05) is 12.2 Å². The molecule has 0 aliphatic heterocycles. The van der Waals surface area contributed by atoms with Crippen LogP contribution in [0.1, 0.15) is 6.92 Å². The first-order chi connectivity index (χ1) is 3.27. The van der Waals surface area contributed by atoms with Gasteiger partial charge in [0.05, 0.1) is 0 Å². The van der Waals surface area contributed by atoms with E-state index in [1.54, 1.807) is 6.08 Å². The first kappa shape index (κ1) is 16.9. The second-order valence-electron chi connectivity index (χ2n) is 1.24. The maximum atomic E-state index is 3.53. The van der Waals surface area contributed by atoms with Gasteiger partial charge in [-0.1, -0.05) is 0 Å². The van der Waals surface area contributed by atoms with Crippen molar-refractivity contribution < 1.29 is 67.2 Å². The van der Waals surface area contributed by atoms with Crippen molar-refractivity contribution in [3.05, 3.63) is 24.8 Å². The summed E-state index contributed by atoms with van der Waals surface area (Å²) in [5, 5.41) is 0. The number of hydrogen-bond donors (Lipinski definition) is 0. The van der Waals surface area contributed by atoms with Gasteiger partial charge in [-0.05, 0) is 0 Å². The van der Waals surface area contributed by atoms with Crippen LogP contribution in [0.2, 0.25) is 4.39 Å². The Morgan fingerprint density at radius 1 is 1.44 bits per heavy atom. The van der Waals surface area contributed by atoms with Crippen LogP contribution in [0.3, 0.4) is 0 Å². The van der Waals surface area contributed by atoms with Crippen LogP contribution in [0.25, 0.3) is 0 Å². The Morgan fingerprint density at radius 2 is 1.89 bits per heavy atom. The minimum atomic E-state index is 0. The van der Waals surface area contributed by atoms with Gasteiger partial charge in [-0.15, -0.1) is 0 Å². The monoisotopic (exact) mass is 441 g/mol. The van der Waals surface area contributed by atoms with Crippen molar-refractivity contribution in [3.63, 3.8) is 0 Å². The number of allylic oxidation sites excluding steroid dienone is 3. The predicted octanol–water partition coefficient (Wildman–Crippen LogP) is -3.91. The van der Waals surface area contributed by atoms with Crippen LogP contribution in [0, 0.1) is 0 Å². The smallest absolute Gasteiger partial charge is 1.00 e. The van der Waals surface area contributed by atoms with E-state index in [1.165, 1.54) is 0 Å². The molecule has 0 aliphatic carbocycles. The maximum absolute atomic E-state index is 3.53. The van der Waals surface area contributed by atoms with Crippen molar-refractivity contribution in [2.24, 2.45) is 0 Å². The predicted molar refractivity (Wildman–Crippen MR) is 28.8 cm³/mol. The van der Waals surface area contributed by atoms with E-state index in [4.69, 9.17) is 0 Å². The second-order valence-corrected chi connectivity index (χ2v) is 2.66. The quantitative estimate of drug-likeness (QED) is 0.234. The summed E-state index contributed by atoms with van der Waals surface area (Å²) in [5.74, 6) is 0. The van der Waals surface area contributed by atoms with Crippen LogP contribution < -0.4 is 48.0 Å². The molecule has 0 spiro atoms. The third-order valence-corrected chi connectivity index (χ3v) is 0.800. The molecule has 1 atom stereocenters. The maximum Gasteiger partial charge on any atom is -1.00 e. The number of hydrogen-bond acceptors (Lipinski definition) is 0. The fraction of sp³-hybridized carbons (Fsp3) is 0.333. The van der Waals surface area contributed by atoms with Crippen LogP contribution in [0.5, 0.6) is 0 Å². The number of halogens is 2. The van der Waals surface area contributed by atoms with Gasteiger partial charge in [0, 0.05) is 0 Å². The summed E-state index contributed by atoms with van der Waals surface area (Å²) in [6.07, 6.45) is 5.73. The van der Waals surface area contributed by atoms with Crippen molar-refractivity contribution in [1.82, 2.24) is 0 Å². The first-order valence-electron chi connectivity index (χ1n) is 2.17. The van der Waals surface area contributed by atoms with Gasteiger partial charge in [0.1, 0.15) is 0 Å². The van der Waals surface area contributed by atoms with E-state index in [0.29, 0.717) is 4.39 Å². The topological polar surface area (TPSA) is 0 Å². The number of rotatable bonds is 2. The van der Waals surface area contributed by atoms with Gasteiger partial charge in [0.2, 0.25) is 0 Å². The van der Waals surface area contributed by atoms with Crippen molar-refractivity contribution in [1.29, 1.82) is 0 Å². The molecule has 57 valence electrons. The Balaban J connectivity index is -0.000000180. The van der Waals surface area contributed by atoms with Gasteiger partial charge in [-0.3, -0.25) is 0 Å². The van der Waals surface area contributed by atoms with Crippen LogP contribution in [-0.2, 0) is 19.2 Å². The average Bonchev–Trinajstić information content (AvgIpc) is 1.61. The van der Waals surface area contributed by atoms with Crippen LogP contribution in [-0.4, -0.2) is 0 Å². The Bertz CT molecular complexity index is 79.1. The van der Waals surface area contributed by atoms with E-state index >= 15 is 0 Å². The molecule has 0 aliphatic rings. The summed E-state index contributed by atoms with van der Waals surface area (Å²) in [5.41, 5.74) is 0. The fourth-order valence-corrected chi connectivity index (χ4v) is 0.398. The van der Waals surface area contributed by atoms with Crippen molar-refractivity contribution in [2.75, 3.05) is 0 Å². The molecule has 0 bridgehead atoms. The minimum Gasteiger partial charge on any atom is -1.00 e. The van der Waals surface area contributed by atoms with Crippen LogP contribution in [0.4, 0.5) is 0 Å². The molecule has 0 aromatic carbocycles.